The Hall–Kier alpha value is -3.34. The minimum absolute atomic E-state index is 0.0876. The zero-order chi connectivity index (χ0) is 22.2. The third kappa shape index (κ3) is 4.55. The number of halogens is 3. The number of rotatable bonds is 4. The summed E-state index contributed by atoms with van der Waals surface area (Å²) in [6.07, 6.45) is -3.46. The van der Waals surface area contributed by atoms with Gasteiger partial charge in [-0.2, -0.15) is 13.2 Å². The minimum atomic E-state index is -4.51. The summed E-state index contributed by atoms with van der Waals surface area (Å²) < 4.78 is 43.8. The first-order valence-corrected chi connectivity index (χ1v) is 9.94. The average Bonchev–Trinajstić information content (AvgIpc) is 3.24. The molecule has 31 heavy (non-hydrogen) atoms. The molecule has 2 aromatic carbocycles. The Kier molecular flexibility index (Phi) is 5.44. The Morgan fingerprint density at radius 3 is 2.77 bits per heavy atom. The van der Waals surface area contributed by atoms with E-state index < -0.39 is 28.8 Å². The van der Waals surface area contributed by atoms with Crippen LogP contribution in [-0.4, -0.2) is 27.3 Å². The molecule has 0 saturated carbocycles. The molecule has 0 saturated heterocycles. The quantitative estimate of drug-likeness (QED) is 0.610. The second-order valence-corrected chi connectivity index (χ2v) is 8.07. The van der Waals surface area contributed by atoms with Gasteiger partial charge in [-0.25, -0.2) is 0 Å². The van der Waals surface area contributed by atoms with Crippen molar-refractivity contribution in [3.05, 3.63) is 53.9 Å². The first-order chi connectivity index (χ1) is 14.7. The van der Waals surface area contributed by atoms with Crippen LogP contribution in [0.1, 0.15) is 17.5 Å². The molecule has 1 aliphatic rings. The highest BCUT2D eigenvalue weighted by Crippen LogP contribution is 2.40. The van der Waals surface area contributed by atoms with Crippen molar-refractivity contribution in [2.24, 2.45) is 0 Å². The number of aryl methyl sites for hydroxylation is 1. The standard InChI is InChI=1S/C20H15F3N4O3S/c1-10-2-3-11(19-27-24-9-30-19)6-13(10)25-17(28)8-16-18(29)26-14-7-12(20(21,22)23)4-5-15(14)31-16/h2-7,9,16H,8H2,1H3,(H,25,28)(H,26,29). The molecule has 0 aliphatic carbocycles. The van der Waals surface area contributed by atoms with Crippen molar-refractivity contribution >= 4 is 35.0 Å². The van der Waals surface area contributed by atoms with Crippen LogP contribution in [0, 0.1) is 6.92 Å². The van der Waals surface area contributed by atoms with Crippen LogP contribution in [0.3, 0.4) is 0 Å². The van der Waals surface area contributed by atoms with Crippen molar-refractivity contribution in [2.75, 3.05) is 10.6 Å². The number of fused-ring (bicyclic) bond motifs is 1. The largest absolute Gasteiger partial charge is 0.423 e. The van der Waals surface area contributed by atoms with Crippen LogP contribution in [-0.2, 0) is 15.8 Å². The van der Waals surface area contributed by atoms with Crippen molar-refractivity contribution in [1.82, 2.24) is 10.2 Å². The van der Waals surface area contributed by atoms with Gasteiger partial charge in [0.05, 0.1) is 16.5 Å². The lowest BCUT2D eigenvalue weighted by Gasteiger charge is -2.24. The van der Waals surface area contributed by atoms with Crippen LogP contribution in [0.25, 0.3) is 11.5 Å². The molecule has 1 unspecified atom stereocenters. The number of hydrogen-bond acceptors (Lipinski definition) is 6. The molecule has 11 heteroatoms. The van der Waals surface area contributed by atoms with Gasteiger partial charge in [0.2, 0.25) is 24.1 Å². The van der Waals surface area contributed by atoms with Gasteiger partial charge in [-0.3, -0.25) is 9.59 Å². The summed E-state index contributed by atoms with van der Waals surface area (Å²) >= 11 is 1.06. The van der Waals surface area contributed by atoms with E-state index in [1.807, 2.05) is 6.92 Å². The van der Waals surface area contributed by atoms with E-state index in [0.717, 1.165) is 29.5 Å². The predicted molar refractivity (Wildman–Crippen MR) is 107 cm³/mol. The number of carbonyl (C=O) groups excluding carboxylic acids is 2. The molecule has 3 aromatic rings. The maximum absolute atomic E-state index is 12.9. The lowest BCUT2D eigenvalue weighted by molar-refractivity contribution is -0.137. The van der Waals surface area contributed by atoms with E-state index in [-0.39, 0.29) is 12.1 Å². The van der Waals surface area contributed by atoms with Gasteiger partial charge >= 0.3 is 6.18 Å². The van der Waals surface area contributed by atoms with E-state index in [1.54, 1.807) is 18.2 Å². The zero-order valence-electron chi connectivity index (χ0n) is 16.0. The number of alkyl halides is 3. The Morgan fingerprint density at radius 1 is 1.26 bits per heavy atom. The van der Waals surface area contributed by atoms with Crippen LogP contribution >= 0.6 is 11.8 Å². The molecule has 0 fully saturated rings. The topological polar surface area (TPSA) is 97.1 Å². The lowest BCUT2D eigenvalue weighted by atomic mass is 10.1. The van der Waals surface area contributed by atoms with Crippen LogP contribution in [0.5, 0.6) is 0 Å². The number of aromatic nitrogens is 2. The van der Waals surface area contributed by atoms with Crippen LogP contribution in [0.2, 0.25) is 0 Å². The zero-order valence-corrected chi connectivity index (χ0v) is 16.8. The SMILES string of the molecule is Cc1ccc(-c2nnco2)cc1NC(=O)CC1Sc2ccc(C(F)(F)F)cc2NC1=O. The van der Waals surface area contributed by atoms with Crippen molar-refractivity contribution in [3.63, 3.8) is 0 Å². The molecule has 1 aliphatic heterocycles. The van der Waals surface area contributed by atoms with Gasteiger partial charge in [-0.1, -0.05) is 6.07 Å². The van der Waals surface area contributed by atoms with Crippen LogP contribution < -0.4 is 10.6 Å². The Labute approximate surface area is 178 Å². The number of nitrogens with zero attached hydrogens (tertiary/aromatic N) is 2. The van der Waals surface area contributed by atoms with Crippen molar-refractivity contribution < 1.29 is 27.2 Å². The van der Waals surface area contributed by atoms with Gasteiger partial charge in [0.25, 0.3) is 0 Å². The fourth-order valence-corrected chi connectivity index (χ4v) is 4.11. The highest BCUT2D eigenvalue weighted by atomic mass is 32.2. The minimum Gasteiger partial charge on any atom is -0.423 e. The monoisotopic (exact) mass is 448 g/mol. The Bertz CT molecular complexity index is 1150. The number of carbonyl (C=O) groups is 2. The molecule has 0 radical (unpaired) electrons. The molecule has 2 amide bonds. The molecule has 2 N–H and O–H groups in total. The second kappa shape index (κ2) is 8.06. The van der Waals surface area contributed by atoms with Gasteiger partial charge in [-0.05, 0) is 42.8 Å². The number of nitrogens with one attached hydrogen (secondary N) is 2. The smallest absolute Gasteiger partial charge is 0.416 e. The number of amides is 2. The van der Waals surface area contributed by atoms with Crippen molar-refractivity contribution in [3.8, 4) is 11.5 Å². The molecule has 160 valence electrons. The van der Waals surface area contributed by atoms with E-state index in [4.69, 9.17) is 4.42 Å². The first kappa shape index (κ1) is 20.9. The van der Waals surface area contributed by atoms with E-state index >= 15 is 0 Å². The summed E-state index contributed by atoms with van der Waals surface area (Å²) in [7, 11) is 0. The molecule has 4 rings (SSSR count). The van der Waals surface area contributed by atoms with E-state index in [9.17, 15) is 22.8 Å². The maximum atomic E-state index is 12.9. The summed E-state index contributed by atoms with van der Waals surface area (Å²) in [5, 5.41) is 11.9. The normalized spacial score (nSPS) is 15.9. The third-order valence-corrected chi connectivity index (χ3v) is 5.89. The number of benzene rings is 2. The van der Waals surface area contributed by atoms with Crippen LogP contribution in [0.15, 0.2) is 52.1 Å². The molecular formula is C20H15F3N4O3S. The van der Waals surface area contributed by atoms with E-state index in [1.165, 1.54) is 12.5 Å². The van der Waals surface area contributed by atoms with Gasteiger partial charge in [-0.15, -0.1) is 22.0 Å². The first-order valence-electron chi connectivity index (χ1n) is 9.06. The average molecular weight is 448 g/mol. The summed E-state index contributed by atoms with van der Waals surface area (Å²) in [6.45, 7) is 1.81. The Morgan fingerprint density at radius 2 is 2.06 bits per heavy atom. The molecule has 0 spiro atoms. The predicted octanol–water partition coefficient (Wildman–Crippen LogP) is 4.51. The number of thioether (sulfide) groups is 1. The van der Waals surface area contributed by atoms with Gasteiger partial charge in [0.1, 0.15) is 0 Å². The van der Waals surface area contributed by atoms with Gasteiger partial charge in [0.15, 0.2) is 0 Å². The highest BCUT2D eigenvalue weighted by Gasteiger charge is 2.34. The van der Waals surface area contributed by atoms with Crippen LogP contribution in [0.4, 0.5) is 24.5 Å². The number of hydrogen-bond donors (Lipinski definition) is 2. The summed E-state index contributed by atoms with van der Waals surface area (Å²) in [5.41, 5.74) is 1.18. The molecule has 2 heterocycles. The summed E-state index contributed by atoms with van der Waals surface area (Å²) in [5.74, 6) is -0.635. The molecule has 0 bridgehead atoms. The maximum Gasteiger partial charge on any atom is 0.416 e. The lowest BCUT2D eigenvalue weighted by Crippen LogP contribution is -2.32. The second-order valence-electron chi connectivity index (χ2n) is 6.83. The molecule has 1 aromatic heterocycles. The van der Waals surface area contributed by atoms with Crippen molar-refractivity contribution in [1.29, 1.82) is 0 Å². The van der Waals surface area contributed by atoms with Crippen molar-refractivity contribution in [2.45, 2.75) is 29.7 Å². The Balaban J connectivity index is 1.46. The highest BCUT2D eigenvalue weighted by molar-refractivity contribution is 8.01. The molecule has 7 nitrogen and oxygen atoms in total. The summed E-state index contributed by atoms with van der Waals surface area (Å²) in [6, 6.07) is 8.38. The third-order valence-electron chi connectivity index (χ3n) is 4.62. The van der Waals surface area contributed by atoms with E-state index in [0.29, 0.717) is 22.0 Å². The van der Waals surface area contributed by atoms with Gasteiger partial charge in [0, 0.05) is 22.6 Å². The fraction of sp³-hybridized carbons (Fsp3) is 0.200. The fourth-order valence-electron chi connectivity index (χ4n) is 3.02. The molecule has 1 atom stereocenters. The van der Waals surface area contributed by atoms with Gasteiger partial charge < -0.3 is 15.1 Å². The summed E-state index contributed by atoms with van der Waals surface area (Å²) in [4.78, 5) is 25.4. The number of anilines is 2. The molecular weight excluding hydrogens is 433 g/mol. The van der Waals surface area contributed by atoms with E-state index in [2.05, 4.69) is 20.8 Å².